The topological polar surface area (TPSA) is 119 Å². The van der Waals surface area contributed by atoms with Gasteiger partial charge in [-0.25, -0.2) is 8.42 Å². The van der Waals surface area contributed by atoms with E-state index in [2.05, 4.69) is 5.10 Å². The summed E-state index contributed by atoms with van der Waals surface area (Å²) in [6.45, 7) is 1.70. The van der Waals surface area contributed by atoms with Crippen molar-refractivity contribution in [2.45, 2.75) is 30.7 Å². The molecule has 2 aliphatic rings. The molecule has 29 heavy (non-hydrogen) atoms. The summed E-state index contributed by atoms with van der Waals surface area (Å²) in [7, 11) is -3.77. The number of sulfonamides is 1. The molecule has 154 valence electrons. The fraction of sp³-hybridized carbons (Fsp3) is 0.444. The van der Waals surface area contributed by atoms with Crippen LogP contribution >= 0.6 is 0 Å². The van der Waals surface area contributed by atoms with E-state index in [9.17, 15) is 23.3 Å². The smallest absolute Gasteiger partial charge is 0.274 e. The van der Waals surface area contributed by atoms with Crippen molar-refractivity contribution in [3.63, 3.8) is 0 Å². The zero-order valence-electron chi connectivity index (χ0n) is 15.7. The van der Waals surface area contributed by atoms with Gasteiger partial charge in [-0.2, -0.15) is 9.40 Å². The van der Waals surface area contributed by atoms with Crippen molar-refractivity contribution in [2.75, 3.05) is 26.2 Å². The predicted molar refractivity (Wildman–Crippen MR) is 103 cm³/mol. The SMILES string of the molecule is O=C(c1cc2n(n1)CCCC2)N1CCN(S(=O)(=O)c2ccc([N+](=O)[O-])cc2)CC1. The molecule has 1 aromatic carbocycles. The quantitative estimate of drug-likeness (QED) is 0.544. The lowest BCUT2D eigenvalue weighted by Crippen LogP contribution is -2.50. The highest BCUT2D eigenvalue weighted by molar-refractivity contribution is 7.89. The van der Waals surface area contributed by atoms with E-state index in [0.717, 1.165) is 31.5 Å². The minimum atomic E-state index is -3.77. The number of nitro groups is 1. The number of carbonyl (C=O) groups excluding carboxylic acids is 1. The summed E-state index contributed by atoms with van der Waals surface area (Å²) in [5, 5.41) is 15.1. The number of amides is 1. The molecule has 2 aliphatic heterocycles. The van der Waals surface area contributed by atoms with E-state index in [4.69, 9.17) is 0 Å². The van der Waals surface area contributed by atoms with Crippen LogP contribution in [0, 0.1) is 10.1 Å². The number of carbonyl (C=O) groups is 1. The van der Waals surface area contributed by atoms with Crippen LogP contribution in [0.4, 0.5) is 5.69 Å². The molecule has 1 saturated heterocycles. The van der Waals surface area contributed by atoms with E-state index in [1.165, 1.54) is 28.6 Å². The average Bonchev–Trinajstić information content (AvgIpc) is 3.17. The van der Waals surface area contributed by atoms with E-state index in [-0.39, 0.29) is 42.7 Å². The third kappa shape index (κ3) is 3.75. The minimum absolute atomic E-state index is 0.00431. The number of rotatable bonds is 4. The molecule has 1 aromatic heterocycles. The van der Waals surface area contributed by atoms with Crippen molar-refractivity contribution in [1.82, 2.24) is 19.0 Å². The van der Waals surface area contributed by atoms with E-state index in [1.54, 1.807) is 4.90 Å². The molecule has 3 heterocycles. The fourth-order valence-corrected chi connectivity index (χ4v) is 5.13. The Morgan fingerprint density at radius 3 is 2.34 bits per heavy atom. The van der Waals surface area contributed by atoms with Crippen molar-refractivity contribution in [3.8, 4) is 0 Å². The lowest BCUT2D eigenvalue weighted by atomic mass is 10.1. The van der Waals surface area contributed by atoms with Gasteiger partial charge in [0, 0.05) is 50.6 Å². The van der Waals surface area contributed by atoms with Crippen LogP contribution in [0.15, 0.2) is 35.2 Å². The van der Waals surface area contributed by atoms with E-state index < -0.39 is 14.9 Å². The standard InChI is InChI=1S/C18H21N5O5S/c24-18(17-13-15-3-1-2-8-22(15)19-17)20-9-11-21(12-10-20)29(27,28)16-6-4-14(5-7-16)23(25)26/h4-7,13H,1-3,8-12H2. The molecule has 0 N–H and O–H groups in total. The van der Waals surface area contributed by atoms with Gasteiger partial charge in [0.2, 0.25) is 10.0 Å². The average molecular weight is 419 g/mol. The molecule has 0 unspecified atom stereocenters. The van der Waals surface area contributed by atoms with Gasteiger partial charge in [0.15, 0.2) is 5.69 Å². The van der Waals surface area contributed by atoms with Crippen LogP contribution in [0.25, 0.3) is 0 Å². The number of nitrogens with zero attached hydrogens (tertiary/aromatic N) is 5. The molecule has 2 aromatic rings. The third-order valence-corrected chi connectivity index (χ3v) is 7.26. The first-order chi connectivity index (χ1) is 13.9. The van der Waals surface area contributed by atoms with Crippen LogP contribution in [-0.4, -0.2) is 64.4 Å². The number of piperazine rings is 1. The number of benzene rings is 1. The van der Waals surface area contributed by atoms with Gasteiger partial charge in [0.1, 0.15) is 0 Å². The van der Waals surface area contributed by atoms with Crippen LogP contribution in [0.2, 0.25) is 0 Å². The molecule has 1 fully saturated rings. The number of aromatic nitrogens is 2. The predicted octanol–water partition coefficient (Wildman–Crippen LogP) is 1.27. The molecule has 4 rings (SSSR count). The zero-order valence-corrected chi connectivity index (χ0v) is 16.5. The number of hydrogen-bond acceptors (Lipinski definition) is 6. The minimum Gasteiger partial charge on any atom is -0.335 e. The molecule has 10 nitrogen and oxygen atoms in total. The summed E-state index contributed by atoms with van der Waals surface area (Å²) in [4.78, 5) is 24.6. The van der Waals surface area contributed by atoms with Gasteiger partial charge in [-0.15, -0.1) is 0 Å². The molecular weight excluding hydrogens is 398 g/mol. The highest BCUT2D eigenvalue weighted by Gasteiger charge is 2.31. The van der Waals surface area contributed by atoms with Gasteiger partial charge >= 0.3 is 0 Å². The summed E-state index contributed by atoms with van der Waals surface area (Å²) in [6.07, 6.45) is 3.07. The molecule has 0 saturated carbocycles. The van der Waals surface area contributed by atoms with Crippen LogP contribution in [0.5, 0.6) is 0 Å². The maximum absolute atomic E-state index is 12.8. The third-order valence-electron chi connectivity index (χ3n) is 5.35. The van der Waals surface area contributed by atoms with Gasteiger partial charge in [0.05, 0.1) is 9.82 Å². The molecule has 0 aliphatic carbocycles. The lowest BCUT2D eigenvalue weighted by molar-refractivity contribution is -0.384. The van der Waals surface area contributed by atoms with Crippen LogP contribution < -0.4 is 0 Å². The molecule has 0 spiro atoms. The molecule has 11 heteroatoms. The van der Waals surface area contributed by atoms with E-state index in [1.807, 2.05) is 10.7 Å². The fourth-order valence-electron chi connectivity index (χ4n) is 3.70. The zero-order chi connectivity index (χ0) is 20.6. The Morgan fingerprint density at radius 1 is 1.03 bits per heavy atom. The first kappa shape index (κ1) is 19.5. The Balaban J connectivity index is 1.42. The molecule has 1 amide bonds. The number of non-ortho nitro benzene ring substituents is 1. The van der Waals surface area contributed by atoms with Gasteiger partial charge in [-0.3, -0.25) is 19.6 Å². The maximum atomic E-state index is 12.8. The van der Waals surface area contributed by atoms with Gasteiger partial charge in [0.25, 0.3) is 11.6 Å². The summed E-state index contributed by atoms with van der Waals surface area (Å²) >= 11 is 0. The highest BCUT2D eigenvalue weighted by atomic mass is 32.2. The van der Waals surface area contributed by atoms with Gasteiger partial charge < -0.3 is 4.90 Å². The second-order valence-corrected chi connectivity index (χ2v) is 9.09. The molecule has 0 atom stereocenters. The first-order valence-electron chi connectivity index (χ1n) is 9.47. The Hall–Kier alpha value is -2.79. The normalized spacial score (nSPS) is 17.7. The van der Waals surface area contributed by atoms with Crippen LogP contribution in [0.3, 0.4) is 0 Å². The Bertz CT molecular complexity index is 1020. The largest absolute Gasteiger partial charge is 0.335 e. The first-order valence-corrected chi connectivity index (χ1v) is 10.9. The Kier molecular flexibility index (Phi) is 5.09. The van der Waals surface area contributed by atoms with E-state index >= 15 is 0 Å². The molecular formula is C18H21N5O5S. The molecule has 0 bridgehead atoms. The summed E-state index contributed by atoms with van der Waals surface area (Å²) in [6, 6.07) is 6.66. The maximum Gasteiger partial charge on any atom is 0.274 e. The van der Waals surface area contributed by atoms with Crippen molar-refractivity contribution in [1.29, 1.82) is 0 Å². The van der Waals surface area contributed by atoms with Crippen LogP contribution in [-0.2, 0) is 23.0 Å². The number of nitro benzene ring substituents is 1. The van der Waals surface area contributed by atoms with Crippen molar-refractivity contribution in [2.24, 2.45) is 0 Å². The lowest BCUT2D eigenvalue weighted by Gasteiger charge is -2.33. The number of aryl methyl sites for hydroxylation is 2. The Morgan fingerprint density at radius 2 is 1.72 bits per heavy atom. The van der Waals surface area contributed by atoms with Crippen molar-refractivity contribution in [3.05, 3.63) is 51.8 Å². The second kappa shape index (κ2) is 7.56. The Labute approximate surface area is 167 Å². The second-order valence-electron chi connectivity index (χ2n) is 7.15. The van der Waals surface area contributed by atoms with Crippen molar-refractivity contribution >= 4 is 21.6 Å². The van der Waals surface area contributed by atoms with Gasteiger partial charge in [-0.1, -0.05) is 0 Å². The van der Waals surface area contributed by atoms with Crippen LogP contribution in [0.1, 0.15) is 29.0 Å². The van der Waals surface area contributed by atoms with Gasteiger partial charge in [-0.05, 0) is 37.5 Å². The summed E-state index contributed by atoms with van der Waals surface area (Å²) < 4.78 is 28.8. The highest BCUT2D eigenvalue weighted by Crippen LogP contribution is 2.22. The number of fused-ring (bicyclic) bond motifs is 1. The monoisotopic (exact) mass is 419 g/mol. The van der Waals surface area contributed by atoms with Crippen molar-refractivity contribution < 1.29 is 18.1 Å². The van der Waals surface area contributed by atoms with E-state index in [0.29, 0.717) is 5.69 Å². The summed E-state index contributed by atoms with van der Waals surface area (Å²) in [5.74, 6) is -0.181. The molecule has 0 radical (unpaired) electrons. The summed E-state index contributed by atoms with van der Waals surface area (Å²) in [5.41, 5.74) is 1.31. The number of hydrogen-bond donors (Lipinski definition) is 0.